The van der Waals surface area contributed by atoms with Gasteiger partial charge in [0.05, 0.1) is 12.6 Å². The van der Waals surface area contributed by atoms with Crippen molar-refractivity contribution in [3.8, 4) is 6.07 Å². The second-order valence-corrected chi connectivity index (χ2v) is 5.15. The highest BCUT2D eigenvalue weighted by Crippen LogP contribution is 2.39. The van der Waals surface area contributed by atoms with Crippen LogP contribution in [0.5, 0.6) is 0 Å². The molecule has 1 aliphatic carbocycles. The largest absolute Gasteiger partial charge is 0.376 e. The normalized spacial score (nSPS) is 16.9. The van der Waals surface area contributed by atoms with E-state index in [4.69, 9.17) is 5.26 Å². The number of carbonyl (C=O) groups excluding carboxylic acids is 1. The summed E-state index contributed by atoms with van der Waals surface area (Å²) in [5, 5.41) is 14.4. The lowest BCUT2D eigenvalue weighted by Gasteiger charge is -2.23. The number of rotatable bonds is 5. The Balaban J connectivity index is 1.90. The van der Waals surface area contributed by atoms with E-state index >= 15 is 0 Å². The third kappa shape index (κ3) is 3.44. The van der Waals surface area contributed by atoms with E-state index in [9.17, 15) is 13.6 Å². The van der Waals surface area contributed by atoms with Crippen LogP contribution in [0.4, 0.5) is 14.5 Å². The smallest absolute Gasteiger partial charge is 0.240 e. The zero-order valence-electron chi connectivity index (χ0n) is 11.0. The number of benzene rings is 1. The van der Waals surface area contributed by atoms with Crippen LogP contribution in [0.15, 0.2) is 18.2 Å². The molecule has 1 amide bonds. The number of nitrogens with zero attached hydrogens (tertiary/aromatic N) is 1. The molecule has 1 atom stereocenters. The van der Waals surface area contributed by atoms with Crippen LogP contribution in [0.2, 0.25) is 0 Å². The molecule has 1 aromatic carbocycles. The average molecular weight is 279 g/mol. The molecule has 6 heteroatoms. The Morgan fingerprint density at radius 2 is 2.00 bits per heavy atom. The van der Waals surface area contributed by atoms with Gasteiger partial charge in [-0.25, -0.2) is 8.78 Å². The molecule has 20 heavy (non-hydrogen) atoms. The number of carbonyl (C=O) groups is 1. The van der Waals surface area contributed by atoms with Gasteiger partial charge < -0.3 is 10.6 Å². The average Bonchev–Trinajstić information content (AvgIpc) is 3.19. The number of nitriles is 1. The molecule has 1 fully saturated rings. The molecule has 0 aromatic heterocycles. The molecule has 1 aromatic rings. The van der Waals surface area contributed by atoms with Gasteiger partial charge in [0, 0.05) is 11.8 Å². The van der Waals surface area contributed by atoms with Gasteiger partial charge in [0.2, 0.25) is 5.91 Å². The molecule has 106 valence electrons. The van der Waals surface area contributed by atoms with E-state index in [2.05, 4.69) is 16.7 Å². The van der Waals surface area contributed by atoms with E-state index in [-0.39, 0.29) is 24.1 Å². The highest BCUT2D eigenvalue weighted by molar-refractivity contribution is 5.81. The Hall–Kier alpha value is -2.16. The topological polar surface area (TPSA) is 64.9 Å². The van der Waals surface area contributed by atoms with Crippen LogP contribution in [0, 0.1) is 28.9 Å². The maximum absolute atomic E-state index is 13.0. The fraction of sp³-hybridized carbons (Fsp3) is 0.429. The third-order valence-corrected chi connectivity index (χ3v) is 3.34. The SMILES string of the molecule is CC(C#N)(NC(=O)CNc1cc(F)cc(F)c1)C1CC1. The highest BCUT2D eigenvalue weighted by atomic mass is 19.1. The molecule has 0 spiro atoms. The fourth-order valence-electron chi connectivity index (χ4n) is 2.05. The summed E-state index contributed by atoms with van der Waals surface area (Å²) in [4.78, 5) is 11.8. The van der Waals surface area contributed by atoms with Gasteiger partial charge in [0.25, 0.3) is 0 Å². The molecule has 0 radical (unpaired) electrons. The second-order valence-electron chi connectivity index (χ2n) is 5.15. The molecule has 0 aliphatic heterocycles. The molecule has 1 saturated carbocycles. The van der Waals surface area contributed by atoms with E-state index in [0.717, 1.165) is 31.0 Å². The Kier molecular flexibility index (Phi) is 3.89. The minimum absolute atomic E-state index is 0.146. The molecule has 4 nitrogen and oxygen atoms in total. The van der Waals surface area contributed by atoms with Crippen molar-refractivity contribution >= 4 is 11.6 Å². The van der Waals surface area contributed by atoms with Crippen LogP contribution in [0.3, 0.4) is 0 Å². The van der Waals surface area contributed by atoms with E-state index in [1.807, 2.05) is 0 Å². The second kappa shape index (κ2) is 5.45. The minimum Gasteiger partial charge on any atom is -0.376 e. The van der Waals surface area contributed by atoms with Crippen molar-refractivity contribution in [2.45, 2.75) is 25.3 Å². The van der Waals surface area contributed by atoms with Crippen LogP contribution in [0.25, 0.3) is 0 Å². The van der Waals surface area contributed by atoms with Crippen molar-refractivity contribution in [1.82, 2.24) is 5.32 Å². The number of hydrogen-bond acceptors (Lipinski definition) is 3. The number of halogens is 2. The van der Waals surface area contributed by atoms with Crippen LogP contribution in [0.1, 0.15) is 19.8 Å². The first-order valence-corrected chi connectivity index (χ1v) is 6.35. The van der Waals surface area contributed by atoms with Gasteiger partial charge in [-0.1, -0.05) is 0 Å². The van der Waals surface area contributed by atoms with Gasteiger partial charge in [-0.15, -0.1) is 0 Å². The van der Waals surface area contributed by atoms with Gasteiger partial charge >= 0.3 is 0 Å². The van der Waals surface area contributed by atoms with Gasteiger partial charge in [-0.2, -0.15) is 5.26 Å². The highest BCUT2D eigenvalue weighted by Gasteiger charge is 2.42. The molecule has 0 bridgehead atoms. The van der Waals surface area contributed by atoms with Crippen LogP contribution in [-0.4, -0.2) is 18.0 Å². The van der Waals surface area contributed by atoms with Crippen LogP contribution >= 0.6 is 0 Å². The minimum atomic E-state index is -0.869. The zero-order valence-corrected chi connectivity index (χ0v) is 11.0. The molecular formula is C14H15F2N3O. The first kappa shape index (κ1) is 14.3. The molecule has 1 unspecified atom stereocenters. The van der Waals surface area contributed by atoms with Gasteiger partial charge in [0.15, 0.2) is 0 Å². The van der Waals surface area contributed by atoms with E-state index in [0.29, 0.717) is 0 Å². The molecule has 1 aliphatic rings. The van der Waals surface area contributed by atoms with Gasteiger partial charge in [0.1, 0.15) is 17.2 Å². The van der Waals surface area contributed by atoms with Crippen molar-refractivity contribution in [3.63, 3.8) is 0 Å². The predicted molar refractivity (Wildman–Crippen MR) is 69.7 cm³/mol. The summed E-state index contributed by atoms with van der Waals surface area (Å²) in [5.74, 6) is -1.63. The van der Waals surface area contributed by atoms with Crippen molar-refractivity contribution in [2.75, 3.05) is 11.9 Å². The lowest BCUT2D eigenvalue weighted by molar-refractivity contribution is -0.120. The summed E-state index contributed by atoms with van der Waals surface area (Å²) in [6, 6.07) is 5.06. The van der Waals surface area contributed by atoms with E-state index in [1.165, 1.54) is 0 Å². The summed E-state index contributed by atoms with van der Waals surface area (Å²) in [5.41, 5.74) is -0.686. The summed E-state index contributed by atoms with van der Waals surface area (Å²) in [6.07, 6.45) is 1.85. The van der Waals surface area contributed by atoms with E-state index in [1.54, 1.807) is 6.92 Å². The quantitative estimate of drug-likeness (QED) is 0.868. The lowest BCUT2D eigenvalue weighted by Crippen LogP contribution is -2.48. The van der Waals surface area contributed by atoms with Gasteiger partial charge in [-0.05, 0) is 37.8 Å². The summed E-state index contributed by atoms with van der Waals surface area (Å²) in [6.45, 7) is 1.54. The zero-order chi connectivity index (χ0) is 14.8. The monoisotopic (exact) mass is 279 g/mol. The summed E-state index contributed by atoms with van der Waals surface area (Å²) in [7, 11) is 0. The Labute approximate surface area is 115 Å². The fourth-order valence-corrected chi connectivity index (χ4v) is 2.05. The van der Waals surface area contributed by atoms with Crippen molar-refractivity contribution in [2.24, 2.45) is 5.92 Å². The number of amides is 1. The maximum atomic E-state index is 13.0. The Morgan fingerprint density at radius 3 is 2.50 bits per heavy atom. The van der Waals surface area contributed by atoms with Gasteiger partial charge in [-0.3, -0.25) is 4.79 Å². The Morgan fingerprint density at radius 1 is 1.40 bits per heavy atom. The number of nitrogens with one attached hydrogen (secondary N) is 2. The number of hydrogen-bond donors (Lipinski definition) is 2. The first-order valence-electron chi connectivity index (χ1n) is 6.35. The molecule has 0 saturated heterocycles. The third-order valence-electron chi connectivity index (χ3n) is 3.34. The Bertz CT molecular complexity index is 546. The summed E-state index contributed by atoms with van der Waals surface area (Å²) < 4.78 is 25.9. The predicted octanol–water partition coefficient (Wildman–Crippen LogP) is 2.19. The molecule has 0 heterocycles. The standard InChI is InChI=1S/C14H15F2N3O/c1-14(8-17,9-2-3-9)19-13(20)7-18-12-5-10(15)4-11(16)6-12/h4-6,9,18H,2-3,7H2,1H3,(H,19,20). The van der Waals surface area contributed by atoms with Crippen molar-refractivity contribution in [3.05, 3.63) is 29.8 Å². The van der Waals surface area contributed by atoms with Crippen molar-refractivity contribution < 1.29 is 13.6 Å². The van der Waals surface area contributed by atoms with Crippen molar-refractivity contribution in [1.29, 1.82) is 5.26 Å². The van der Waals surface area contributed by atoms with Crippen LogP contribution in [-0.2, 0) is 4.79 Å². The lowest BCUT2D eigenvalue weighted by atomic mass is 9.98. The molecule has 2 rings (SSSR count). The summed E-state index contributed by atoms with van der Waals surface area (Å²) >= 11 is 0. The molecule has 2 N–H and O–H groups in total. The van der Waals surface area contributed by atoms with E-state index < -0.39 is 17.2 Å². The maximum Gasteiger partial charge on any atom is 0.240 e. The first-order chi connectivity index (χ1) is 9.43. The number of anilines is 1. The molecular weight excluding hydrogens is 264 g/mol. The van der Waals surface area contributed by atoms with Crippen LogP contribution < -0.4 is 10.6 Å².